The Morgan fingerprint density at radius 2 is 1.89 bits per heavy atom. The molecule has 2 amide bonds. The van der Waals surface area contributed by atoms with Crippen molar-refractivity contribution < 1.29 is 23.8 Å². The van der Waals surface area contributed by atoms with Crippen LogP contribution in [0.2, 0.25) is 0 Å². The molecule has 1 aliphatic heterocycles. The van der Waals surface area contributed by atoms with E-state index in [1.165, 1.54) is 21.2 Å². The molecule has 0 aliphatic carbocycles. The Kier molecular flexibility index (Phi) is 8.17. The molecule has 3 heterocycles. The smallest absolute Gasteiger partial charge is 0.264 e. The molecule has 0 N–H and O–H groups in total. The maximum absolute atomic E-state index is 13.7. The van der Waals surface area contributed by atoms with Crippen LogP contribution in [0.1, 0.15) is 32.6 Å². The third-order valence-electron chi connectivity index (χ3n) is 5.68. The van der Waals surface area contributed by atoms with E-state index < -0.39 is 6.04 Å². The first-order valence-electron chi connectivity index (χ1n) is 11.0. The summed E-state index contributed by atoms with van der Waals surface area (Å²) in [5.74, 6) is 0.810. The normalized spacial score (nSPS) is 15.1. The Morgan fingerprint density at radius 3 is 2.54 bits per heavy atom. The lowest BCUT2D eigenvalue weighted by Gasteiger charge is -2.27. The van der Waals surface area contributed by atoms with Crippen LogP contribution < -0.4 is 9.47 Å². The van der Waals surface area contributed by atoms with Gasteiger partial charge in [0.15, 0.2) is 0 Å². The predicted octanol–water partition coefficient (Wildman–Crippen LogP) is 4.29. The Labute approximate surface area is 212 Å². The van der Waals surface area contributed by atoms with Crippen molar-refractivity contribution >= 4 is 40.2 Å². The van der Waals surface area contributed by atoms with E-state index in [1.54, 1.807) is 38.7 Å². The molecule has 0 unspecified atom stereocenters. The number of hydrogen-bond donors (Lipinski definition) is 0. The average Bonchev–Trinajstić information content (AvgIpc) is 3.67. The lowest BCUT2D eigenvalue weighted by atomic mass is 9.99. The summed E-state index contributed by atoms with van der Waals surface area (Å²) in [5.41, 5.74) is 1.61. The summed E-state index contributed by atoms with van der Waals surface area (Å²) in [5, 5.41) is 10.0. The minimum atomic E-state index is -0.397. The highest BCUT2D eigenvalue weighted by Gasteiger charge is 2.36. The lowest BCUT2D eigenvalue weighted by Crippen LogP contribution is -2.42. The van der Waals surface area contributed by atoms with Crippen molar-refractivity contribution in [2.24, 2.45) is 5.10 Å². The molecule has 0 bridgehead atoms. The van der Waals surface area contributed by atoms with E-state index in [1.807, 2.05) is 47.2 Å². The Bertz CT molecular complexity index is 1180. The molecule has 0 radical (unpaired) electrons. The van der Waals surface area contributed by atoms with Gasteiger partial charge in [-0.1, -0.05) is 12.1 Å². The van der Waals surface area contributed by atoms with Crippen LogP contribution in [-0.4, -0.2) is 68.5 Å². The molecule has 3 aromatic rings. The van der Waals surface area contributed by atoms with Crippen LogP contribution in [0, 0.1) is 0 Å². The van der Waals surface area contributed by atoms with Crippen molar-refractivity contribution in [3.63, 3.8) is 0 Å². The monoisotopic (exact) mass is 513 g/mol. The zero-order chi connectivity index (χ0) is 24.8. The summed E-state index contributed by atoms with van der Waals surface area (Å²) in [6, 6.07) is 12.6. The van der Waals surface area contributed by atoms with Gasteiger partial charge < -0.3 is 19.1 Å². The summed E-state index contributed by atoms with van der Waals surface area (Å²) in [6.07, 6.45) is 0.521. The number of carbonyl (C=O) groups is 2. The van der Waals surface area contributed by atoms with Crippen LogP contribution in [0.3, 0.4) is 0 Å². The zero-order valence-corrected chi connectivity index (χ0v) is 21.4. The SMILES string of the molecule is COCCN(CC(=O)N1N=C(c2cccs2)C[C@H]1c1cc(OC)ccc1OC)C(=O)c1cccs1. The number of rotatable bonds is 10. The van der Waals surface area contributed by atoms with Crippen molar-refractivity contribution in [3.05, 3.63) is 68.5 Å². The quantitative estimate of drug-likeness (QED) is 0.404. The van der Waals surface area contributed by atoms with Crippen molar-refractivity contribution in [3.8, 4) is 11.5 Å². The lowest BCUT2D eigenvalue weighted by molar-refractivity contribution is -0.133. The second kappa shape index (κ2) is 11.5. The predicted molar refractivity (Wildman–Crippen MR) is 137 cm³/mol. The molecule has 0 spiro atoms. The van der Waals surface area contributed by atoms with Gasteiger partial charge in [0.1, 0.15) is 18.0 Å². The van der Waals surface area contributed by atoms with Crippen LogP contribution in [0.4, 0.5) is 0 Å². The van der Waals surface area contributed by atoms with Gasteiger partial charge in [-0.05, 0) is 41.1 Å². The summed E-state index contributed by atoms with van der Waals surface area (Å²) in [6.45, 7) is 0.493. The van der Waals surface area contributed by atoms with Gasteiger partial charge in [-0.15, -0.1) is 22.7 Å². The molecule has 0 saturated carbocycles. The van der Waals surface area contributed by atoms with Crippen LogP contribution in [0.25, 0.3) is 0 Å². The van der Waals surface area contributed by atoms with Crippen LogP contribution in [0.5, 0.6) is 11.5 Å². The fourth-order valence-corrected chi connectivity index (χ4v) is 5.33. The standard InChI is InChI=1S/C25H27N3O5S2/c1-31-11-10-27(25(30)23-7-5-13-35-23)16-24(29)28-20(15-19(26-28)22-6-4-12-34-22)18-14-17(32-2)8-9-21(18)33-3/h4-9,12-14,20H,10-11,15-16H2,1-3H3/t20-/m0/s1. The molecular formula is C25H27N3O5S2. The van der Waals surface area contributed by atoms with Gasteiger partial charge in [0, 0.05) is 25.6 Å². The maximum atomic E-state index is 13.7. The first kappa shape index (κ1) is 24.9. The molecule has 4 rings (SSSR count). The minimum absolute atomic E-state index is 0.121. The van der Waals surface area contributed by atoms with Gasteiger partial charge in [0.2, 0.25) is 0 Å². The van der Waals surface area contributed by atoms with Gasteiger partial charge in [0.25, 0.3) is 11.8 Å². The maximum Gasteiger partial charge on any atom is 0.264 e. The molecule has 10 heteroatoms. The Morgan fingerprint density at radius 1 is 1.09 bits per heavy atom. The van der Waals surface area contributed by atoms with Gasteiger partial charge in [-0.2, -0.15) is 5.10 Å². The molecule has 184 valence electrons. The van der Waals surface area contributed by atoms with E-state index in [2.05, 4.69) is 0 Å². The van der Waals surface area contributed by atoms with E-state index in [-0.39, 0.29) is 18.4 Å². The largest absolute Gasteiger partial charge is 0.497 e. The fourth-order valence-electron chi connectivity index (χ4n) is 3.92. The Balaban J connectivity index is 1.66. The molecule has 0 fully saturated rings. The van der Waals surface area contributed by atoms with E-state index in [0.717, 1.165) is 16.2 Å². The molecule has 1 aromatic carbocycles. The molecular weight excluding hydrogens is 486 g/mol. The number of thiophene rings is 2. The van der Waals surface area contributed by atoms with E-state index >= 15 is 0 Å². The summed E-state index contributed by atoms with van der Waals surface area (Å²) in [7, 11) is 4.76. The van der Waals surface area contributed by atoms with E-state index in [9.17, 15) is 9.59 Å². The number of carbonyl (C=O) groups excluding carboxylic acids is 2. The molecule has 35 heavy (non-hydrogen) atoms. The Hall–Kier alpha value is -3.21. The number of nitrogens with zero attached hydrogens (tertiary/aromatic N) is 3. The number of benzene rings is 1. The molecule has 2 aromatic heterocycles. The average molecular weight is 514 g/mol. The highest BCUT2D eigenvalue weighted by atomic mass is 32.1. The van der Waals surface area contributed by atoms with Crippen molar-refractivity contribution in [2.75, 3.05) is 41.0 Å². The van der Waals surface area contributed by atoms with E-state index in [4.69, 9.17) is 19.3 Å². The highest BCUT2D eigenvalue weighted by Crippen LogP contribution is 2.39. The number of amides is 2. The van der Waals surface area contributed by atoms with Crippen LogP contribution in [0.15, 0.2) is 58.3 Å². The van der Waals surface area contributed by atoms with Crippen LogP contribution >= 0.6 is 22.7 Å². The van der Waals surface area contributed by atoms with Gasteiger partial charge in [-0.3, -0.25) is 9.59 Å². The molecule has 1 atom stereocenters. The zero-order valence-electron chi connectivity index (χ0n) is 19.8. The third-order valence-corrected chi connectivity index (χ3v) is 7.45. The van der Waals surface area contributed by atoms with Crippen molar-refractivity contribution in [1.29, 1.82) is 0 Å². The number of methoxy groups -OCH3 is 3. The third kappa shape index (κ3) is 5.55. The van der Waals surface area contributed by atoms with Crippen molar-refractivity contribution in [2.45, 2.75) is 12.5 Å². The van der Waals surface area contributed by atoms with Crippen LogP contribution in [-0.2, 0) is 9.53 Å². The summed E-state index contributed by atoms with van der Waals surface area (Å²) < 4.78 is 16.2. The molecule has 1 aliphatic rings. The van der Waals surface area contributed by atoms with Gasteiger partial charge >= 0.3 is 0 Å². The second-order valence-corrected chi connectivity index (χ2v) is 9.68. The second-order valence-electron chi connectivity index (χ2n) is 7.79. The van der Waals surface area contributed by atoms with E-state index in [0.29, 0.717) is 35.9 Å². The number of hydrogen-bond acceptors (Lipinski definition) is 8. The molecule has 0 saturated heterocycles. The molecule has 8 nitrogen and oxygen atoms in total. The minimum Gasteiger partial charge on any atom is -0.497 e. The summed E-state index contributed by atoms with van der Waals surface area (Å²) in [4.78, 5) is 29.8. The van der Waals surface area contributed by atoms with Gasteiger partial charge in [0.05, 0.1) is 42.3 Å². The number of ether oxygens (including phenoxy) is 3. The topological polar surface area (TPSA) is 80.7 Å². The first-order valence-corrected chi connectivity index (χ1v) is 12.8. The van der Waals surface area contributed by atoms with Gasteiger partial charge in [-0.25, -0.2) is 5.01 Å². The highest BCUT2D eigenvalue weighted by molar-refractivity contribution is 7.12. The number of hydrazone groups is 1. The van der Waals surface area contributed by atoms with Crippen molar-refractivity contribution in [1.82, 2.24) is 9.91 Å². The fraction of sp³-hybridized carbons (Fsp3) is 0.320. The first-order chi connectivity index (χ1) is 17.0. The summed E-state index contributed by atoms with van der Waals surface area (Å²) >= 11 is 2.92.